The first-order chi connectivity index (χ1) is 7.28. The van der Waals surface area contributed by atoms with Crippen molar-refractivity contribution in [3.05, 3.63) is 29.1 Å². The minimum absolute atomic E-state index is 0.480. The molecule has 1 unspecified atom stereocenters. The van der Waals surface area contributed by atoms with Gasteiger partial charge < -0.3 is 0 Å². The van der Waals surface area contributed by atoms with Crippen molar-refractivity contribution < 1.29 is 22.2 Å². The van der Waals surface area contributed by atoms with Crippen molar-refractivity contribution in [2.75, 3.05) is 7.05 Å². The number of carbonyl (C=O) groups excluding carboxylic acids is 1. The third kappa shape index (κ3) is 1.20. The van der Waals surface area contributed by atoms with Crippen molar-refractivity contribution in [1.82, 2.24) is 4.31 Å². The summed E-state index contributed by atoms with van der Waals surface area (Å²) in [5.41, 5.74) is -0.749. The molecule has 0 radical (unpaired) electrons. The fourth-order valence-corrected chi connectivity index (χ4v) is 3.28. The molecule has 1 heterocycles. The minimum atomic E-state index is -3.42. The molecule has 1 aliphatic rings. The average molecular weight is 267 g/mol. The van der Waals surface area contributed by atoms with Gasteiger partial charge in [0.05, 0.1) is 10.5 Å². The van der Waals surface area contributed by atoms with Crippen LogP contribution in [0.1, 0.15) is 10.4 Å². The zero-order chi connectivity index (χ0) is 12.2. The quantitative estimate of drug-likeness (QED) is 0.663. The Morgan fingerprint density at radius 3 is 2.44 bits per heavy atom. The fraction of sp³-hybridized carbons (Fsp3) is 0.125. The molecule has 2 rings (SSSR count). The van der Waals surface area contributed by atoms with Crippen molar-refractivity contribution in [3.63, 3.8) is 0 Å². The Labute approximate surface area is 93.7 Å². The van der Waals surface area contributed by atoms with Crippen LogP contribution in [-0.2, 0) is 19.9 Å². The summed E-state index contributed by atoms with van der Waals surface area (Å²) in [6, 6.07) is 0.504. The normalized spacial score (nSPS) is 23.8. The van der Waals surface area contributed by atoms with Crippen molar-refractivity contribution in [2.45, 2.75) is 4.90 Å². The van der Waals surface area contributed by atoms with Gasteiger partial charge in [0.2, 0.25) is 0 Å². The third-order valence-electron chi connectivity index (χ3n) is 2.26. The molecule has 0 saturated heterocycles. The molecule has 86 valence electrons. The highest BCUT2D eigenvalue weighted by Gasteiger charge is 2.40. The van der Waals surface area contributed by atoms with Crippen LogP contribution in [0.25, 0.3) is 0 Å². The van der Waals surface area contributed by atoms with Crippen molar-refractivity contribution in [2.24, 2.45) is 0 Å². The van der Waals surface area contributed by atoms with E-state index >= 15 is 0 Å². The van der Waals surface area contributed by atoms with Gasteiger partial charge in [-0.15, -0.1) is 0 Å². The topological polar surface area (TPSA) is 37.4 Å². The molecule has 0 aliphatic carbocycles. The van der Waals surface area contributed by atoms with E-state index in [-0.39, 0.29) is 0 Å². The van der Waals surface area contributed by atoms with Crippen molar-refractivity contribution >= 4 is 25.8 Å². The number of rotatable bonds is 0. The molecule has 0 N–H and O–H groups in total. The maximum Gasteiger partial charge on any atom is 0.270 e. The summed E-state index contributed by atoms with van der Waals surface area (Å²) in [6.45, 7) is 0. The second-order valence-electron chi connectivity index (χ2n) is 3.14. The number of halogens is 3. The zero-order valence-electron chi connectivity index (χ0n) is 7.79. The van der Waals surface area contributed by atoms with Gasteiger partial charge in [-0.05, 0) is 6.07 Å². The Morgan fingerprint density at radius 2 is 1.88 bits per heavy atom. The molecule has 0 spiro atoms. The Morgan fingerprint density at radius 1 is 1.31 bits per heavy atom. The highest BCUT2D eigenvalue weighted by molar-refractivity contribution is 8.32. The summed E-state index contributed by atoms with van der Waals surface area (Å²) in [5, 5.41) is 0. The summed E-state index contributed by atoms with van der Waals surface area (Å²) >= 11 is 4.60. The van der Waals surface area contributed by atoms with Gasteiger partial charge in [-0.1, -0.05) is 0 Å². The first-order valence-corrected chi connectivity index (χ1v) is 6.43. The van der Waals surface area contributed by atoms with Crippen LogP contribution in [-0.4, -0.2) is 21.5 Å². The lowest BCUT2D eigenvalue weighted by Gasteiger charge is -2.08. The highest BCUT2D eigenvalue weighted by Crippen LogP contribution is 2.33. The lowest BCUT2D eigenvalue weighted by Crippen LogP contribution is -2.24. The molecule has 1 aliphatic heterocycles. The van der Waals surface area contributed by atoms with E-state index in [1.54, 1.807) is 0 Å². The number of nitrogens with zero attached hydrogens (tertiary/aromatic N) is 1. The van der Waals surface area contributed by atoms with E-state index in [9.17, 15) is 22.2 Å². The predicted molar refractivity (Wildman–Crippen MR) is 52.2 cm³/mol. The molecule has 1 aromatic carbocycles. The smallest absolute Gasteiger partial charge is 0.268 e. The molecule has 0 fully saturated rings. The second kappa shape index (κ2) is 3.17. The van der Waals surface area contributed by atoms with Crippen LogP contribution in [0.3, 0.4) is 0 Å². The van der Waals surface area contributed by atoms with E-state index in [1.165, 1.54) is 0 Å². The molecule has 0 bridgehead atoms. The number of hydrogen-bond donors (Lipinski definition) is 0. The van der Waals surface area contributed by atoms with Gasteiger partial charge in [0, 0.05) is 18.2 Å². The van der Waals surface area contributed by atoms with Crippen molar-refractivity contribution in [3.8, 4) is 0 Å². The van der Waals surface area contributed by atoms with Crippen LogP contribution in [0.5, 0.6) is 0 Å². The Bertz CT molecular complexity index is 612. The molecule has 0 saturated carbocycles. The van der Waals surface area contributed by atoms with Gasteiger partial charge in [0.1, 0.15) is 8.68 Å². The van der Waals surface area contributed by atoms with Gasteiger partial charge >= 0.3 is 0 Å². The Kier molecular flexibility index (Phi) is 2.25. The first kappa shape index (κ1) is 11.3. The SMILES string of the molecule is CN1C(=O)c2c(cc(F)c(F)c2F)S1(=O)=S. The number of hydrogen-bond acceptors (Lipinski definition) is 3. The molecule has 1 amide bonds. The van der Waals surface area contributed by atoms with E-state index in [4.69, 9.17) is 0 Å². The van der Waals surface area contributed by atoms with Gasteiger partial charge in [-0.2, -0.15) is 0 Å². The summed E-state index contributed by atoms with van der Waals surface area (Å²) in [4.78, 5) is 11.0. The molecule has 1 aromatic rings. The fourth-order valence-electron chi connectivity index (χ4n) is 1.39. The second-order valence-corrected chi connectivity index (χ2v) is 6.43. The number of benzene rings is 1. The Balaban J connectivity index is 2.94. The van der Waals surface area contributed by atoms with Gasteiger partial charge in [-0.25, -0.2) is 17.4 Å². The first-order valence-electron chi connectivity index (χ1n) is 3.99. The van der Waals surface area contributed by atoms with Crippen LogP contribution in [0.2, 0.25) is 0 Å². The molecule has 1 atom stereocenters. The number of fused-ring (bicyclic) bond motifs is 1. The monoisotopic (exact) mass is 267 g/mol. The molecule has 16 heavy (non-hydrogen) atoms. The lowest BCUT2D eigenvalue weighted by atomic mass is 10.2. The predicted octanol–water partition coefficient (Wildman–Crippen LogP) is 1.21. The highest BCUT2D eigenvalue weighted by atomic mass is 32.8. The van der Waals surface area contributed by atoms with E-state index in [0.717, 1.165) is 7.05 Å². The van der Waals surface area contributed by atoms with Crippen molar-refractivity contribution in [1.29, 1.82) is 0 Å². The van der Waals surface area contributed by atoms with Gasteiger partial charge in [0.15, 0.2) is 17.5 Å². The van der Waals surface area contributed by atoms with E-state index < -0.39 is 42.5 Å². The van der Waals surface area contributed by atoms with Crippen LogP contribution < -0.4 is 0 Å². The van der Waals surface area contributed by atoms with Gasteiger partial charge in [0.25, 0.3) is 5.91 Å². The molecule has 3 nitrogen and oxygen atoms in total. The molecule has 0 aromatic heterocycles. The maximum atomic E-state index is 13.3. The van der Waals surface area contributed by atoms with Gasteiger partial charge in [-0.3, -0.25) is 9.10 Å². The molecular formula is C8H4F3NO2S2. The maximum absolute atomic E-state index is 13.3. The number of carbonyl (C=O) groups is 1. The van der Waals surface area contributed by atoms with E-state index in [2.05, 4.69) is 11.2 Å². The summed E-state index contributed by atoms with van der Waals surface area (Å²) in [7, 11) is -2.33. The Hall–Kier alpha value is -1.15. The van der Waals surface area contributed by atoms with Crippen LogP contribution in [0.4, 0.5) is 13.2 Å². The zero-order valence-corrected chi connectivity index (χ0v) is 9.42. The standard InChI is InChI=1S/C8H4F3NO2S2/c1-12-8(13)5-4(16(12,14)15)2-3(9)6(10)7(5)11/h2H,1H3. The van der Waals surface area contributed by atoms with Crippen LogP contribution in [0.15, 0.2) is 11.0 Å². The summed E-state index contributed by atoms with van der Waals surface area (Å²) in [6.07, 6.45) is 0. The largest absolute Gasteiger partial charge is 0.270 e. The van der Waals surface area contributed by atoms with E-state index in [0.29, 0.717) is 10.4 Å². The van der Waals surface area contributed by atoms with Crippen LogP contribution in [0, 0.1) is 17.5 Å². The molecule has 8 heteroatoms. The molecular weight excluding hydrogens is 263 g/mol. The van der Waals surface area contributed by atoms with Crippen LogP contribution >= 0.6 is 0 Å². The third-order valence-corrected chi connectivity index (χ3v) is 5.24. The van der Waals surface area contributed by atoms with E-state index in [1.807, 2.05) is 0 Å². The lowest BCUT2D eigenvalue weighted by molar-refractivity contribution is 0.0889. The number of amides is 1. The summed E-state index contributed by atoms with van der Waals surface area (Å²) < 4.78 is 51.5. The summed E-state index contributed by atoms with van der Waals surface area (Å²) in [5.74, 6) is -5.95. The minimum Gasteiger partial charge on any atom is -0.268 e. The average Bonchev–Trinajstić information content (AvgIpc) is 2.37.